The van der Waals surface area contributed by atoms with Crippen LogP contribution in [0.25, 0.3) is 11.4 Å². The van der Waals surface area contributed by atoms with Crippen molar-refractivity contribution in [3.63, 3.8) is 0 Å². The largest absolute Gasteiger partial charge is 0.508 e. The van der Waals surface area contributed by atoms with Crippen LogP contribution in [0.3, 0.4) is 0 Å². The topological polar surface area (TPSA) is 128 Å². The number of nitrogen functional groups attached to an aromatic ring is 2. The number of aromatic hydroxyl groups is 1. The van der Waals surface area contributed by atoms with E-state index >= 15 is 0 Å². The van der Waals surface area contributed by atoms with Crippen molar-refractivity contribution in [1.82, 2.24) is 19.6 Å². The highest BCUT2D eigenvalue weighted by atomic mass is 35.5. The maximum absolute atomic E-state index is 9.21. The van der Waals surface area contributed by atoms with Crippen molar-refractivity contribution >= 4 is 23.2 Å². The zero-order valence-electron chi connectivity index (χ0n) is 16.6. The van der Waals surface area contributed by atoms with Crippen LogP contribution in [0.4, 0.5) is 11.6 Å². The number of hydrogen-bond donors (Lipinski definition) is 4. The summed E-state index contributed by atoms with van der Waals surface area (Å²) in [6.45, 7) is 3.80. The fourth-order valence-corrected chi connectivity index (χ4v) is 3.10. The molecule has 0 fully saturated rings. The van der Waals surface area contributed by atoms with Crippen LogP contribution in [-0.2, 0) is 6.61 Å². The molecule has 0 atom stereocenters. The van der Waals surface area contributed by atoms with Gasteiger partial charge in [-0.05, 0) is 43.7 Å². The van der Waals surface area contributed by atoms with Crippen molar-refractivity contribution in [1.29, 1.82) is 0 Å². The lowest BCUT2D eigenvalue weighted by Crippen LogP contribution is -2.02. The second-order valence-electron chi connectivity index (χ2n) is 6.71. The van der Waals surface area contributed by atoms with Crippen molar-refractivity contribution < 1.29 is 10.2 Å². The molecule has 156 valence electrons. The van der Waals surface area contributed by atoms with Crippen LogP contribution in [0.15, 0.2) is 54.6 Å². The molecule has 4 aromatic rings. The molecule has 4 rings (SSSR count). The van der Waals surface area contributed by atoms with Crippen molar-refractivity contribution in [3.05, 3.63) is 76.6 Å². The number of hydrogen-bond acceptors (Lipinski definition) is 6. The van der Waals surface area contributed by atoms with Crippen LogP contribution >= 0.6 is 11.6 Å². The summed E-state index contributed by atoms with van der Waals surface area (Å²) in [4.78, 5) is 0. The van der Waals surface area contributed by atoms with E-state index in [0.717, 1.165) is 22.6 Å². The Kier molecular flexibility index (Phi) is 6.29. The number of anilines is 2. The average molecular weight is 427 g/mol. The minimum atomic E-state index is 0.0495. The Bertz CT molecular complexity index is 1150. The van der Waals surface area contributed by atoms with E-state index in [-0.39, 0.29) is 12.4 Å². The molecule has 0 amide bonds. The second kappa shape index (κ2) is 8.89. The van der Waals surface area contributed by atoms with Crippen LogP contribution in [0, 0.1) is 13.8 Å². The van der Waals surface area contributed by atoms with Gasteiger partial charge in [-0.15, -0.1) is 0 Å². The van der Waals surface area contributed by atoms with Crippen molar-refractivity contribution in [2.45, 2.75) is 20.5 Å². The average Bonchev–Trinajstić information content (AvgIpc) is 3.22. The number of phenols is 1. The molecule has 0 aliphatic heterocycles. The van der Waals surface area contributed by atoms with Gasteiger partial charge < -0.3 is 21.7 Å². The fraction of sp³-hybridized carbons (Fsp3) is 0.143. The van der Waals surface area contributed by atoms with E-state index in [9.17, 15) is 5.11 Å². The summed E-state index contributed by atoms with van der Waals surface area (Å²) < 4.78 is 3.22. The summed E-state index contributed by atoms with van der Waals surface area (Å²) in [5.41, 5.74) is 15.7. The van der Waals surface area contributed by atoms with Gasteiger partial charge in [0.05, 0.1) is 34.4 Å². The molecule has 0 unspecified atom stereocenters. The summed E-state index contributed by atoms with van der Waals surface area (Å²) >= 11 is 5.97. The number of aryl methyl sites for hydroxylation is 2. The van der Waals surface area contributed by atoms with Crippen molar-refractivity contribution in [3.8, 4) is 17.1 Å². The molecular formula is C21H23ClN6O2. The fourth-order valence-electron chi connectivity index (χ4n) is 2.85. The Balaban J connectivity index is 0.000000171. The Hall–Kier alpha value is -3.49. The van der Waals surface area contributed by atoms with Crippen LogP contribution in [0.5, 0.6) is 5.75 Å². The van der Waals surface area contributed by atoms with Crippen LogP contribution < -0.4 is 11.5 Å². The number of nitrogens with zero attached hydrogens (tertiary/aromatic N) is 4. The van der Waals surface area contributed by atoms with Crippen molar-refractivity contribution in [2.75, 3.05) is 11.5 Å². The Morgan fingerprint density at radius 2 is 1.43 bits per heavy atom. The number of aliphatic hydroxyl groups is 1. The van der Waals surface area contributed by atoms with Gasteiger partial charge in [0, 0.05) is 18.2 Å². The molecular weight excluding hydrogens is 404 g/mol. The van der Waals surface area contributed by atoms with E-state index in [2.05, 4.69) is 10.2 Å². The van der Waals surface area contributed by atoms with E-state index in [1.165, 1.54) is 16.8 Å². The number of rotatable bonds is 3. The first-order valence-electron chi connectivity index (χ1n) is 9.12. The first-order chi connectivity index (χ1) is 14.3. The maximum Gasteiger partial charge on any atom is 0.127 e. The van der Waals surface area contributed by atoms with Gasteiger partial charge in [0.2, 0.25) is 0 Å². The number of benzene rings is 2. The molecule has 0 saturated carbocycles. The van der Waals surface area contributed by atoms with Gasteiger partial charge in [0.15, 0.2) is 0 Å². The van der Waals surface area contributed by atoms with E-state index in [0.29, 0.717) is 22.3 Å². The number of nitrogens with two attached hydrogens (primary N) is 2. The number of halogens is 1. The molecule has 2 aromatic heterocycles. The Labute approximate surface area is 178 Å². The van der Waals surface area contributed by atoms with E-state index < -0.39 is 0 Å². The minimum Gasteiger partial charge on any atom is -0.508 e. The van der Waals surface area contributed by atoms with E-state index in [4.69, 9.17) is 28.2 Å². The molecule has 0 spiro atoms. The van der Waals surface area contributed by atoms with Gasteiger partial charge in [-0.25, -0.2) is 9.36 Å². The molecule has 6 N–H and O–H groups in total. The third-order valence-electron chi connectivity index (χ3n) is 4.24. The molecule has 30 heavy (non-hydrogen) atoms. The molecule has 2 heterocycles. The molecule has 0 saturated heterocycles. The summed E-state index contributed by atoms with van der Waals surface area (Å²) in [6, 6.07) is 15.7. The lowest BCUT2D eigenvalue weighted by Gasteiger charge is -2.06. The first kappa shape index (κ1) is 21.2. The normalized spacial score (nSPS) is 10.5. The van der Waals surface area contributed by atoms with Gasteiger partial charge in [0.25, 0.3) is 0 Å². The summed E-state index contributed by atoms with van der Waals surface area (Å²) in [7, 11) is 0. The maximum atomic E-state index is 9.21. The highest BCUT2D eigenvalue weighted by Crippen LogP contribution is 2.26. The highest BCUT2D eigenvalue weighted by Gasteiger charge is 2.08. The molecule has 0 radical (unpaired) electrons. The Morgan fingerprint density at radius 3 is 1.90 bits per heavy atom. The van der Waals surface area contributed by atoms with Crippen molar-refractivity contribution in [2.24, 2.45) is 0 Å². The predicted octanol–water partition coefficient (Wildman–Crippen LogP) is 3.38. The summed E-state index contributed by atoms with van der Waals surface area (Å²) in [5, 5.41) is 27.0. The SMILES string of the molecule is Cc1cc(N)n(-c2ccc(CO)cc2)n1.Cc1cc(N)n(-c2ccc(O)cc2Cl)n1. The molecule has 0 aliphatic carbocycles. The lowest BCUT2D eigenvalue weighted by atomic mass is 10.2. The number of aromatic nitrogens is 4. The molecule has 2 aromatic carbocycles. The van der Waals surface area contributed by atoms with Gasteiger partial charge in [-0.1, -0.05) is 23.7 Å². The standard InChI is InChI=1S/C11H13N3O.C10H10ClN3O/c1-8-6-11(12)14(13-8)10-4-2-9(7-15)3-5-10;1-6-4-10(12)14(13-6)9-3-2-7(15)5-8(9)11/h2-6,15H,7,12H2,1H3;2-5,15H,12H2,1H3. The van der Waals surface area contributed by atoms with Crippen LogP contribution in [0.1, 0.15) is 17.0 Å². The van der Waals surface area contributed by atoms with Gasteiger partial charge in [-0.2, -0.15) is 10.2 Å². The quantitative estimate of drug-likeness (QED) is 0.397. The summed E-state index contributed by atoms with van der Waals surface area (Å²) in [5.74, 6) is 1.25. The lowest BCUT2D eigenvalue weighted by molar-refractivity contribution is 0.282. The third kappa shape index (κ3) is 4.73. The second-order valence-corrected chi connectivity index (χ2v) is 7.11. The number of aliphatic hydroxyl groups excluding tert-OH is 1. The Morgan fingerprint density at radius 1 is 0.867 bits per heavy atom. The van der Waals surface area contributed by atoms with E-state index in [1.54, 1.807) is 16.8 Å². The molecule has 0 aliphatic rings. The third-order valence-corrected chi connectivity index (χ3v) is 4.54. The van der Waals surface area contributed by atoms with Gasteiger partial charge in [-0.3, -0.25) is 0 Å². The van der Waals surface area contributed by atoms with Gasteiger partial charge >= 0.3 is 0 Å². The molecule has 0 bridgehead atoms. The van der Waals surface area contributed by atoms with Crippen LogP contribution in [-0.4, -0.2) is 29.8 Å². The van der Waals surface area contributed by atoms with Gasteiger partial charge in [0.1, 0.15) is 17.4 Å². The molecule has 8 nitrogen and oxygen atoms in total. The van der Waals surface area contributed by atoms with E-state index in [1.807, 2.05) is 44.2 Å². The smallest absolute Gasteiger partial charge is 0.127 e. The first-order valence-corrected chi connectivity index (χ1v) is 9.49. The summed E-state index contributed by atoms with van der Waals surface area (Å²) in [6.07, 6.45) is 0. The zero-order chi connectivity index (χ0) is 21.8. The van der Waals surface area contributed by atoms with Crippen LogP contribution in [0.2, 0.25) is 5.02 Å². The number of phenolic OH excluding ortho intramolecular Hbond substituents is 1. The highest BCUT2D eigenvalue weighted by molar-refractivity contribution is 6.32. The molecule has 9 heteroatoms. The predicted molar refractivity (Wildman–Crippen MR) is 118 cm³/mol. The monoisotopic (exact) mass is 426 g/mol. The minimum absolute atomic E-state index is 0.0495. The zero-order valence-corrected chi connectivity index (χ0v) is 17.4.